The van der Waals surface area contributed by atoms with Gasteiger partial charge in [-0.25, -0.2) is 4.39 Å². The molecule has 6 heteroatoms. The third-order valence-corrected chi connectivity index (χ3v) is 5.04. The average Bonchev–Trinajstić information content (AvgIpc) is 2.43. The summed E-state index contributed by atoms with van der Waals surface area (Å²) in [6.45, 7) is 0. The highest BCUT2D eigenvalue weighted by atomic mass is 79.9. The zero-order chi connectivity index (χ0) is 14.7. The van der Waals surface area contributed by atoms with Crippen molar-refractivity contribution in [2.75, 3.05) is 12.8 Å². The summed E-state index contributed by atoms with van der Waals surface area (Å²) in [5, 5.41) is 0. The number of hydrogen-bond acceptors (Lipinski definition) is 3. The minimum absolute atomic E-state index is 0.193. The molecule has 1 unspecified atom stereocenters. The van der Waals surface area contributed by atoms with Crippen molar-refractivity contribution in [3.8, 4) is 5.75 Å². The van der Waals surface area contributed by atoms with Crippen molar-refractivity contribution in [1.29, 1.82) is 0 Å². The van der Waals surface area contributed by atoms with Crippen LogP contribution in [-0.2, 0) is 16.6 Å². The van der Waals surface area contributed by atoms with Gasteiger partial charge in [-0.1, -0.05) is 12.1 Å². The van der Waals surface area contributed by atoms with E-state index in [9.17, 15) is 8.60 Å². The molecule has 0 spiro atoms. The monoisotopic (exact) mass is 357 g/mol. The maximum atomic E-state index is 13.4. The molecule has 106 valence electrons. The minimum Gasteiger partial charge on any atom is -0.495 e. The maximum Gasteiger partial charge on any atom is 0.137 e. The Morgan fingerprint density at radius 3 is 2.80 bits per heavy atom. The van der Waals surface area contributed by atoms with Crippen molar-refractivity contribution in [2.45, 2.75) is 10.6 Å². The van der Waals surface area contributed by atoms with Crippen LogP contribution in [-0.4, -0.2) is 11.3 Å². The molecule has 2 aromatic rings. The molecular weight excluding hydrogens is 345 g/mol. The number of nitrogens with two attached hydrogens (primary N) is 1. The number of methoxy groups -OCH3 is 1. The summed E-state index contributed by atoms with van der Waals surface area (Å²) in [7, 11) is 0.144. The smallest absolute Gasteiger partial charge is 0.137 e. The van der Waals surface area contributed by atoms with E-state index < -0.39 is 10.8 Å². The van der Waals surface area contributed by atoms with Crippen LogP contribution in [0.5, 0.6) is 5.75 Å². The maximum absolute atomic E-state index is 13.4. The molecule has 0 fully saturated rings. The van der Waals surface area contributed by atoms with Gasteiger partial charge in [0.2, 0.25) is 0 Å². The standard InChI is InChI=1S/C14H13BrFNO2S/c1-19-12-7-10(17)5-6-13(12)20(18)8-9-3-2-4-11(16)14(9)15/h2-7H,8,17H2,1H3. The topological polar surface area (TPSA) is 52.3 Å². The van der Waals surface area contributed by atoms with Crippen LogP contribution < -0.4 is 10.5 Å². The van der Waals surface area contributed by atoms with E-state index in [0.717, 1.165) is 0 Å². The van der Waals surface area contributed by atoms with E-state index in [-0.39, 0.29) is 11.6 Å². The Labute approximate surface area is 127 Å². The minimum atomic E-state index is -1.35. The largest absolute Gasteiger partial charge is 0.495 e. The lowest BCUT2D eigenvalue weighted by Gasteiger charge is -2.10. The highest BCUT2D eigenvalue weighted by Gasteiger charge is 2.14. The average molecular weight is 358 g/mol. The molecule has 0 heterocycles. The van der Waals surface area contributed by atoms with E-state index in [1.807, 2.05) is 0 Å². The van der Waals surface area contributed by atoms with Crippen LogP contribution in [0.2, 0.25) is 0 Å². The number of hydrogen-bond donors (Lipinski definition) is 1. The predicted molar refractivity (Wildman–Crippen MR) is 81.6 cm³/mol. The molecule has 0 bridgehead atoms. The quantitative estimate of drug-likeness (QED) is 0.852. The van der Waals surface area contributed by atoms with Gasteiger partial charge in [-0.15, -0.1) is 0 Å². The van der Waals surface area contributed by atoms with Crippen molar-refractivity contribution in [3.05, 3.63) is 52.3 Å². The van der Waals surface area contributed by atoms with Gasteiger partial charge >= 0.3 is 0 Å². The molecule has 0 saturated carbocycles. The molecule has 2 rings (SSSR count). The highest BCUT2D eigenvalue weighted by molar-refractivity contribution is 9.10. The zero-order valence-electron chi connectivity index (χ0n) is 10.7. The van der Waals surface area contributed by atoms with Crippen molar-refractivity contribution < 1.29 is 13.3 Å². The fraction of sp³-hybridized carbons (Fsp3) is 0.143. The van der Waals surface area contributed by atoms with E-state index in [1.165, 1.54) is 13.2 Å². The van der Waals surface area contributed by atoms with E-state index >= 15 is 0 Å². The number of rotatable bonds is 4. The van der Waals surface area contributed by atoms with Gasteiger partial charge in [0.1, 0.15) is 11.6 Å². The summed E-state index contributed by atoms with van der Waals surface area (Å²) in [6.07, 6.45) is 0. The summed E-state index contributed by atoms with van der Waals surface area (Å²) < 4.78 is 31.4. The number of benzene rings is 2. The molecule has 3 nitrogen and oxygen atoms in total. The lowest BCUT2D eigenvalue weighted by Crippen LogP contribution is -2.01. The Balaban J connectivity index is 2.31. The Morgan fingerprint density at radius 2 is 2.10 bits per heavy atom. The fourth-order valence-corrected chi connectivity index (χ4v) is 3.61. The summed E-state index contributed by atoms with van der Waals surface area (Å²) in [6, 6.07) is 9.61. The van der Waals surface area contributed by atoms with E-state index in [2.05, 4.69) is 15.9 Å². The molecule has 20 heavy (non-hydrogen) atoms. The Kier molecular flexibility index (Phi) is 4.77. The van der Waals surface area contributed by atoms with Crippen molar-refractivity contribution in [3.63, 3.8) is 0 Å². The van der Waals surface area contributed by atoms with Crippen LogP contribution in [0.4, 0.5) is 10.1 Å². The second-order valence-electron chi connectivity index (χ2n) is 4.11. The molecule has 0 amide bonds. The highest BCUT2D eigenvalue weighted by Crippen LogP contribution is 2.28. The Morgan fingerprint density at radius 1 is 1.35 bits per heavy atom. The van der Waals surface area contributed by atoms with Crippen LogP contribution in [0, 0.1) is 5.82 Å². The molecule has 0 aliphatic carbocycles. The summed E-state index contributed by atoms with van der Waals surface area (Å²) in [5.41, 5.74) is 6.84. The van der Waals surface area contributed by atoms with Crippen molar-refractivity contribution in [2.24, 2.45) is 0 Å². The summed E-state index contributed by atoms with van der Waals surface area (Å²) in [4.78, 5) is 0.540. The van der Waals surface area contributed by atoms with E-state index in [1.54, 1.807) is 30.3 Å². The lowest BCUT2D eigenvalue weighted by atomic mass is 10.2. The Hall–Kier alpha value is -1.40. The first-order chi connectivity index (χ1) is 9.52. The molecular formula is C14H13BrFNO2S. The molecule has 2 aromatic carbocycles. The third-order valence-electron chi connectivity index (χ3n) is 2.75. The number of anilines is 1. The zero-order valence-corrected chi connectivity index (χ0v) is 13.1. The lowest BCUT2D eigenvalue weighted by molar-refractivity contribution is 0.404. The Bertz CT molecular complexity index is 664. The third kappa shape index (κ3) is 3.19. The van der Waals surface area contributed by atoms with Gasteiger partial charge in [0, 0.05) is 11.8 Å². The molecule has 0 aromatic heterocycles. The van der Waals surface area contributed by atoms with Gasteiger partial charge < -0.3 is 10.5 Å². The van der Waals surface area contributed by atoms with Gasteiger partial charge in [-0.2, -0.15) is 0 Å². The van der Waals surface area contributed by atoms with Crippen molar-refractivity contribution >= 4 is 32.4 Å². The first kappa shape index (κ1) is 15.0. The van der Waals surface area contributed by atoms with Gasteiger partial charge in [0.05, 0.1) is 33.0 Å². The second kappa shape index (κ2) is 6.37. The van der Waals surface area contributed by atoms with Gasteiger partial charge in [-0.05, 0) is 39.7 Å². The first-order valence-electron chi connectivity index (χ1n) is 5.77. The van der Waals surface area contributed by atoms with Crippen LogP contribution in [0.1, 0.15) is 5.56 Å². The predicted octanol–water partition coefficient (Wildman–Crippen LogP) is 3.49. The first-order valence-corrected chi connectivity index (χ1v) is 7.89. The molecule has 0 aliphatic heterocycles. The normalized spacial score (nSPS) is 12.2. The van der Waals surface area contributed by atoms with Crippen LogP contribution in [0.15, 0.2) is 45.8 Å². The number of ether oxygens (including phenoxy) is 1. The molecule has 0 saturated heterocycles. The molecule has 1 atom stereocenters. The fourth-order valence-electron chi connectivity index (χ4n) is 1.75. The number of halogens is 2. The molecule has 2 N–H and O–H groups in total. The molecule has 0 aliphatic rings. The van der Waals surface area contributed by atoms with Gasteiger partial charge in [0.25, 0.3) is 0 Å². The second-order valence-corrected chi connectivity index (χ2v) is 6.33. The summed E-state index contributed by atoms with van der Waals surface area (Å²) in [5.74, 6) is 0.290. The van der Waals surface area contributed by atoms with E-state index in [0.29, 0.717) is 26.4 Å². The van der Waals surface area contributed by atoms with Crippen LogP contribution >= 0.6 is 15.9 Å². The van der Waals surface area contributed by atoms with Crippen molar-refractivity contribution in [1.82, 2.24) is 0 Å². The molecule has 0 radical (unpaired) electrons. The van der Waals surface area contributed by atoms with Crippen LogP contribution in [0.25, 0.3) is 0 Å². The van der Waals surface area contributed by atoms with Gasteiger partial charge in [-0.3, -0.25) is 4.21 Å². The van der Waals surface area contributed by atoms with E-state index in [4.69, 9.17) is 10.5 Å². The van der Waals surface area contributed by atoms with Crippen LogP contribution in [0.3, 0.4) is 0 Å². The SMILES string of the molecule is COc1cc(N)ccc1S(=O)Cc1cccc(F)c1Br. The van der Waals surface area contributed by atoms with Gasteiger partial charge in [0.15, 0.2) is 0 Å². The summed E-state index contributed by atoms with van der Waals surface area (Å²) >= 11 is 3.17. The number of nitrogen functional groups attached to an aromatic ring is 1.